The summed E-state index contributed by atoms with van der Waals surface area (Å²) in [6, 6.07) is 0. The molecule has 0 amide bonds. The van der Waals surface area contributed by atoms with Gasteiger partial charge in [0, 0.05) is 6.54 Å². The molecule has 6 nitrogen and oxygen atoms in total. The molecular weight excluding hydrogens is 148 g/mol. The number of hydrogen-bond donors (Lipinski definition) is 2. The Balaban J connectivity index is 2.61. The molecule has 0 aromatic carbocycles. The van der Waals surface area contributed by atoms with Gasteiger partial charge in [-0.05, 0) is 13.8 Å². The zero-order valence-corrected chi connectivity index (χ0v) is 6.42. The van der Waals surface area contributed by atoms with Crippen LogP contribution in [0.5, 0.6) is 0 Å². The topological polar surface area (TPSA) is 79.6 Å². The molecule has 0 aromatic heterocycles. The minimum absolute atomic E-state index is 0.144. The number of guanidine groups is 1. The first-order valence-electron chi connectivity index (χ1n) is 3.25. The summed E-state index contributed by atoms with van der Waals surface area (Å²) in [4.78, 5) is 9.90. The molecule has 2 N–H and O–H groups in total. The lowest BCUT2D eigenvalue weighted by molar-refractivity contribution is -0.485. The van der Waals surface area contributed by atoms with Crippen LogP contribution in [0.15, 0.2) is 5.10 Å². The molecule has 0 unspecified atom stereocenters. The van der Waals surface area contributed by atoms with E-state index in [1.54, 1.807) is 0 Å². The van der Waals surface area contributed by atoms with Crippen molar-refractivity contribution < 1.29 is 5.03 Å². The van der Waals surface area contributed by atoms with Crippen molar-refractivity contribution in [1.82, 2.24) is 10.6 Å². The fourth-order valence-electron chi connectivity index (χ4n) is 0.856. The van der Waals surface area contributed by atoms with E-state index in [0.717, 1.165) is 0 Å². The number of nitrogens with one attached hydrogen (secondary N) is 2. The highest BCUT2D eigenvalue weighted by Gasteiger charge is 2.27. The summed E-state index contributed by atoms with van der Waals surface area (Å²) in [6.45, 7) is 4.52. The first-order chi connectivity index (χ1) is 4.99. The molecule has 1 fully saturated rings. The summed E-state index contributed by atoms with van der Waals surface area (Å²) < 4.78 is 0. The maximum absolute atomic E-state index is 9.90. The highest BCUT2D eigenvalue weighted by Crippen LogP contribution is 2.04. The molecule has 6 heteroatoms. The third kappa shape index (κ3) is 2.06. The lowest BCUT2D eigenvalue weighted by Gasteiger charge is -2.13. The Hall–Kier alpha value is -1.33. The quantitative estimate of drug-likeness (QED) is 0.398. The van der Waals surface area contributed by atoms with Gasteiger partial charge in [0.05, 0.1) is 5.54 Å². The largest absolute Gasteiger partial charge is 0.349 e. The lowest BCUT2D eigenvalue weighted by Crippen LogP contribution is -2.37. The normalized spacial score (nSPS) is 24.4. The average molecular weight is 158 g/mol. The van der Waals surface area contributed by atoms with Crippen LogP contribution in [0.4, 0.5) is 0 Å². The Morgan fingerprint density at radius 2 is 2.36 bits per heavy atom. The predicted molar refractivity (Wildman–Crippen MR) is 39.6 cm³/mol. The fraction of sp³-hybridized carbons (Fsp3) is 0.800. The third-order valence-electron chi connectivity index (χ3n) is 1.34. The second-order valence-electron chi connectivity index (χ2n) is 3.05. The molecule has 11 heavy (non-hydrogen) atoms. The Morgan fingerprint density at radius 1 is 1.73 bits per heavy atom. The molecule has 0 bridgehead atoms. The number of nitrogens with zero attached hydrogens (tertiary/aromatic N) is 2. The Kier molecular flexibility index (Phi) is 1.67. The van der Waals surface area contributed by atoms with Crippen LogP contribution in [-0.4, -0.2) is 23.1 Å². The van der Waals surface area contributed by atoms with Gasteiger partial charge < -0.3 is 10.6 Å². The van der Waals surface area contributed by atoms with Gasteiger partial charge in [-0.3, -0.25) is 0 Å². The first kappa shape index (κ1) is 7.77. The van der Waals surface area contributed by atoms with Gasteiger partial charge in [0.25, 0.3) is 5.96 Å². The van der Waals surface area contributed by atoms with Crippen molar-refractivity contribution in [2.24, 2.45) is 5.10 Å². The monoisotopic (exact) mass is 158 g/mol. The Bertz CT molecular complexity index is 211. The molecule has 0 saturated carbocycles. The molecule has 62 valence electrons. The highest BCUT2D eigenvalue weighted by atomic mass is 16.7. The van der Waals surface area contributed by atoms with E-state index in [9.17, 15) is 10.1 Å². The summed E-state index contributed by atoms with van der Waals surface area (Å²) >= 11 is 0. The Morgan fingerprint density at radius 3 is 2.73 bits per heavy atom. The van der Waals surface area contributed by atoms with E-state index >= 15 is 0 Å². The van der Waals surface area contributed by atoms with E-state index in [1.807, 2.05) is 13.8 Å². The molecule has 0 spiro atoms. The van der Waals surface area contributed by atoms with Gasteiger partial charge in [0.2, 0.25) is 0 Å². The molecule has 1 aliphatic heterocycles. The van der Waals surface area contributed by atoms with Crippen molar-refractivity contribution in [2.45, 2.75) is 19.4 Å². The van der Waals surface area contributed by atoms with Crippen LogP contribution in [0.25, 0.3) is 0 Å². The van der Waals surface area contributed by atoms with Gasteiger partial charge in [-0.1, -0.05) is 0 Å². The van der Waals surface area contributed by atoms with Crippen molar-refractivity contribution >= 4 is 5.96 Å². The number of rotatable bonds is 1. The zero-order chi connectivity index (χ0) is 8.48. The summed E-state index contributed by atoms with van der Waals surface area (Å²) in [7, 11) is 0. The van der Waals surface area contributed by atoms with Crippen LogP contribution in [0.1, 0.15) is 13.8 Å². The number of nitro groups is 1. The second kappa shape index (κ2) is 2.37. The van der Waals surface area contributed by atoms with Crippen molar-refractivity contribution in [3.05, 3.63) is 10.1 Å². The molecule has 0 aliphatic carbocycles. The molecule has 1 aliphatic rings. The maximum atomic E-state index is 9.90. The van der Waals surface area contributed by atoms with Gasteiger partial charge in [-0.25, -0.2) is 10.1 Å². The van der Waals surface area contributed by atoms with E-state index in [4.69, 9.17) is 0 Å². The summed E-state index contributed by atoms with van der Waals surface area (Å²) in [5.74, 6) is 0.236. The number of hydrazone groups is 1. The molecule has 1 rings (SSSR count). The molecular formula is C5H10N4O2. The van der Waals surface area contributed by atoms with Crippen LogP contribution >= 0.6 is 0 Å². The minimum atomic E-state index is -0.725. The van der Waals surface area contributed by atoms with Crippen LogP contribution in [0.2, 0.25) is 0 Å². The van der Waals surface area contributed by atoms with E-state index in [-0.39, 0.29) is 11.5 Å². The molecule has 0 radical (unpaired) electrons. The summed E-state index contributed by atoms with van der Waals surface area (Å²) in [5.41, 5.74) is -0.144. The van der Waals surface area contributed by atoms with E-state index in [0.29, 0.717) is 6.54 Å². The molecule has 0 aromatic rings. The van der Waals surface area contributed by atoms with Crippen LogP contribution in [0.3, 0.4) is 0 Å². The summed E-state index contributed by atoms with van der Waals surface area (Å²) in [5, 5.41) is 17.9. The SMILES string of the molecule is CC1(C)CNC(=N[N+](=O)[O-])N1. The predicted octanol–water partition coefficient (Wildman–Crippen LogP) is -0.494. The van der Waals surface area contributed by atoms with Crippen LogP contribution in [-0.2, 0) is 0 Å². The van der Waals surface area contributed by atoms with Crippen LogP contribution in [0, 0.1) is 10.1 Å². The van der Waals surface area contributed by atoms with Gasteiger partial charge in [0.1, 0.15) is 5.10 Å². The minimum Gasteiger partial charge on any atom is -0.349 e. The zero-order valence-electron chi connectivity index (χ0n) is 6.42. The first-order valence-corrected chi connectivity index (χ1v) is 3.25. The van der Waals surface area contributed by atoms with Gasteiger partial charge in [-0.2, -0.15) is 0 Å². The van der Waals surface area contributed by atoms with E-state index < -0.39 is 5.03 Å². The fourth-order valence-corrected chi connectivity index (χ4v) is 0.856. The molecule has 1 heterocycles. The van der Waals surface area contributed by atoms with E-state index in [1.165, 1.54) is 0 Å². The third-order valence-corrected chi connectivity index (χ3v) is 1.34. The van der Waals surface area contributed by atoms with Gasteiger partial charge in [-0.15, -0.1) is 0 Å². The standard InChI is InChI=1S/C5H10N4O2/c1-5(2)3-6-4(7-5)8-9(10)11/h3H2,1-2H3,(H2,6,7,8). The summed E-state index contributed by atoms with van der Waals surface area (Å²) in [6.07, 6.45) is 0. The maximum Gasteiger partial charge on any atom is 0.269 e. The molecule has 1 saturated heterocycles. The number of hydrogen-bond acceptors (Lipinski definition) is 2. The van der Waals surface area contributed by atoms with Crippen molar-refractivity contribution in [1.29, 1.82) is 0 Å². The van der Waals surface area contributed by atoms with Gasteiger partial charge >= 0.3 is 0 Å². The van der Waals surface area contributed by atoms with E-state index in [2.05, 4.69) is 15.7 Å². The average Bonchev–Trinajstić information content (AvgIpc) is 2.08. The van der Waals surface area contributed by atoms with Gasteiger partial charge in [0.15, 0.2) is 5.03 Å². The van der Waals surface area contributed by atoms with Crippen molar-refractivity contribution in [2.75, 3.05) is 6.54 Å². The highest BCUT2D eigenvalue weighted by molar-refractivity contribution is 5.82. The second-order valence-corrected chi connectivity index (χ2v) is 3.05. The lowest BCUT2D eigenvalue weighted by atomic mass is 10.1. The van der Waals surface area contributed by atoms with Crippen molar-refractivity contribution in [3.8, 4) is 0 Å². The Labute approximate surface area is 63.8 Å². The molecule has 0 atom stereocenters. The van der Waals surface area contributed by atoms with Crippen molar-refractivity contribution in [3.63, 3.8) is 0 Å². The smallest absolute Gasteiger partial charge is 0.269 e. The van der Waals surface area contributed by atoms with Crippen LogP contribution < -0.4 is 10.6 Å².